The zero-order valence-electron chi connectivity index (χ0n) is 11.0. The van der Waals surface area contributed by atoms with Crippen LogP contribution in [-0.4, -0.2) is 18.0 Å². The standard InChI is InChI=1S/C15H20N2O/c1-15(2)14(18)16-9-13(17-15)12-7-6-10-4-3-5-11(10)8-12/h6-8,13,17H,3-5,9H2,1-2H3,(H,16,18). The molecule has 1 aromatic carbocycles. The van der Waals surface area contributed by atoms with E-state index in [-0.39, 0.29) is 11.9 Å². The highest BCUT2D eigenvalue weighted by atomic mass is 16.2. The van der Waals surface area contributed by atoms with Crippen molar-refractivity contribution < 1.29 is 4.79 Å². The van der Waals surface area contributed by atoms with Crippen LogP contribution in [0.5, 0.6) is 0 Å². The normalized spacial score (nSPS) is 25.7. The van der Waals surface area contributed by atoms with Crippen molar-refractivity contribution in [2.45, 2.75) is 44.7 Å². The Morgan fingerprint density at radius 3 is 2.78 bits per heavy atom. The predicted molar refractivity (Wildman–Crippen MR) is 71.4 cm³/mol. The highest BCUT2D eigenvalue weighted by molar-refractivity contribution is 5.86. The maximum Gasteiger partial charge on any atom is 0.239 e. The smallest absolute Gasteiger partial charge is 0.239 e. The number of aryl methyl sites for hydroxylation is 2. The molecule has 1 heterocycles. The number of fused-ring (bicyclic) bond motifs is 1. The second-order valence-electron chi connectivity index (χ2n) is 5.91. The molecule has 2 N–H and O–H groups in total. The van der Waals surface area contributed by atoms with Gasteiger partial charge in [0, 0.05) is 6.54 Å². The molecule has 3 rings (SSSR count). The molecule has 1 saturated heterocycles. The summed E-state index contributed by atoms with van der Waals surface area (Å²) >= 11 is 0. The number of nitrogens with one attached hydrogen (secondary N) is 2. The maximum absolute atomic E-state index is 11.7. The van der Waals surface area contributed by atoms with Gasteiger partial charge < -0.3 is 5.32 Å². The lowest BCUT2D eigenvalue weighted by Gasteiger charge is -2.36. The van der Waals surface area contributed by atoms with E-state index in [4.69, 9.17) is 0 Å². The van der Waals surface area contributed by atoms with E-state index in [1.807, 2.05) is 13.8 Å². The van der Waals surface area contributed by atoms with Crippen molar-refractivity contribution in [3.63, 3.8) is 0 Å². The molecule has 1 aliphatic carbocycles. The second kappa shape index (κ2) is 4.09. The Kier molecular flexibility index (Phi) is 2.67. The number of rotatable bonds is 1. The van der Waals surface area contributed by atoms with E-state index >= 15 is 0 Å². The number of amides is 1. The first-order valence-electron chi connectivity index (χ1n) is 6.74. The fourth-order valence-corrected chi connectivity index (χ4v) is 2.98. The van der Waals surface area contributed by atoms with Gasteiger partial charge in [-0.15, -0.1) is 0 Å². The molecular formula is C15H20N2O. The SMILES string of the molecule is CC1(C)NC(c2ccc3c(c2)CCC3)CNC1=O. The molecule has 1 unspecified atom stereocenters. The van der Waals surface area contributed by atoms with Crippen molar-refractivity contribution in [2.75, 3.05) is 6.54 Å². The van der Waals surface area contributed by atoms with E-state index in [9.17, 15) is 4.79 Å². The monoisotopic (exact) mass is 244 g/mol. The molecule has 1 aromatic rings. The first-order chi connectivity index (χ1) is 8.56. The van der Waals surface area contributed by atoms with Gasteiger partial charge in [0.15, 0.2) is 0 Å². The average Bonchev–Trinajstić information content (AvgIpc) is 2.79. The van der Waals surface area contributed by atoms with Crippen molar-refractivity contribution >= 4 is 5.91 Å². The summed E-state index contributed by atoms with van der Waals surface area (Å²) in [6, 6.07) is 7.00. The highest BCUT2D eigenvalue weighted by Gasteiger charge is 2.35. The Bertz CT molecular complexity index is 493. The van der Waals surface area contributed by atoms with Crippen molar-refractivity contribution in [1.29, 1.82) is 0 Å². The van der Waals surface area contributed by atoms with Gasteiger partial charge in [-0.05, 0) is 49.8 Å². The predicted octanol–water partition coefficient (Wildman–Crippen LogP) is 1.71. The minimum Gasteiger partial charge on any atom is -0.353 e. The molecule has 0 saturated carbocycles. The van der Waals surface area contributed by atoms with E-state index in [1.165, 1.54) is 36.0 Å². The topological polar surface area (TPSA) is 41.1 Å². The van der Waals surface area contributed by atoms with Crippen molar-refractivity contribution in [3.8, 4) is 0 Å². The third-order valence-corrected chi connectivity index (χ3v) is 4.09. The number of hydrogen-bond donors (Lipinski definition) is 2. The molecule has 2 aliphatic rings. The number of hydrogen-bond acceptors (Lipinski definition) is 2. The van der Waals surface area contributed by atoms with Crippen LogP contribution in [0, 0.1) is 0 Å². The second-order valence-corrected chi connectivity index (χ2v) is 5.91. The summed E-state index contributed by atoms with van der Waals surface area (Å²) < 4.78 is 0. The van der Waals surface area contributed by atoms with Gasteiger partial charge in [0.1, 0.15) is 0 Å². The van der Waals surface area contributed by atoms with E-state index in [1.54, 1.807) is 0 Å². The van der Waals surface area contributed by atoms with Crippen LogP contribution in [0.2, 0.25) is 0 Å². The first kappa shape index (κ1) is 11.7. The van der Waals surface area contributed by atoms with Crippen molar-refractivity contribution in [2.24, 2.45) is 0 Å². The number of carbonyl (C=O) groups is 1. The van der Waals surface area contributed by atoms with Gasteiger partial charge in [-0.1, -0.05) is 18.2 Å². The summed E-state index contributed by atoms with van der Waals surface area (Å²) in [5.41, 5.74) is 3.80. The quantitative estimate of drug-likeness (QED) is 0.789. The molecule has 0 spiro atoms. The largest absolute Gasteiger partial charge is 0.353 e. The minimum absolute atomic E-state index is 0.0833. The van der Waals surface area contributed by atoms with E-state index < -0.39 is 5.54 Å². The van der Waals surface area contributed by atoms with Gasteiger partial charge >= 0.3 is 0 Å². The van der Waals surface area contributed by atoms with Crippen molar-refractivity contribution in [3.05, 3.63) is 34.9 Å². The van der Waals surface area contributed by atoms with E-state index in [0.29, 0.717) is 6.54 Å². The zero-order chi connectivity index (χ0) is 12.8. The van der Waals surface area contributed by atoms with Crippen LogP contribution in [-0.2, 0) is 17.6 Å². The number of benzene rings is 1. The third kappa shape index (κ3) is 1.93. The Morgan fingerprint density at radius 2 is 2.00 bits per heavy atom. The third-order valence-electron chi connectivity index (χ3n) is 4.09. The summed E-state index contributed by atoms with van der Waals surface area (Å²) in [6.07, 6.45) is 3.70. The Balaban J connectivity index is 1.85. The zero-order valence-corrected chi connectivity index (χ0v) is 11.0. The van der Waals surface area contributed by atoms with E-state index in [0.717, 1.165) is 0 Å². The maximum atomic E-state index is 11.7. The molecule has 1 atom stereocenters. The number of piperazine rings is 1. The van der Waals surface area contributed by atoms with Crippen molar-refractivity contribution in [1.82, 2.24) is 10.6 Å². The fraction of sp³-hybridized carbons (Fsp3) is 0.533. The molecule has 3 nitrogen and oxygen atoms in total. The molecule has 3 heteroatoms. The summed E-state index contributed by atoms with van der Waals surface area (Å²) in [4.78, 5) is 11.7. The molecular weight excluding hydrogens is 224 g/mol. The fourth-order valence-electron chi connectivity index (χ4n) is 2.98. The molecule has 96 valence electrons. The summed E-state index contributed by atoms with van der Waals surface area (Å²) in [6.45, 7) is 4.55. The van der Waals surface area contributed by atoms with Gasteiger partial charge in [0.05, 0.1) is 11.6 Å². The van der Waals surface area contributed by atoms with E-state index in [2.05, 4.69) is 28.8 Å². The first-order valence-corrected chi connectivity index (χ1v) is 6.74. The van der Waals surface area contributed by atoms with Crippen LogP contribution >= 0.6 is 0 Å². The van der Waals surface area contributed by atoms with Gasteiger partial charge in [0.25, 0.3) is 0 Å². The molecule has 1 amide bonds. The lowest BCUT2D eigenvalue weighted by molar-refractivity contribution is -0.128. The van der Waals surface area contributed by atoms with Crippen LogP contribution in [0.3, 0.4) is 0 Å². The molecule has 18 heavy (non-hydrogen) atoms. The Hall–Kier alpha value is -1.35. The summed E-state index contributed by atoms with van der Waals surface area (Å²) in [7, 11) is 0. The van der Waals surface area contributed by atoms with Crippen LogP contribution in [0.4, 0.5) is 0 Å². The molecule has 1 fully saturated rings. The molecule has 1 aliphatic heterocycles. The van der Waals surface area contributed by atoms with Crippen LogP contribution < -0.4 is 10.6 Å². The minimum atomic E-state index is -0.484. The molecule has 0 aromatic heterocycles. The van der Waals surface area contributed by atoms with Gasteiger partial charge in [-0.2, -0.15) is 0 Å². The molecule has 0 radical (unpaired) electrons. The lowest BCUT2D eigenvalue weighted by Crippen LogP contribution is -2.60. The Labute approximate surface area is 108 Å². The lowest BCUT2D eigenvalue weighted by atomic mass is 9.94. The average molecular weight is 244 g/mol. The van der Waals surface area contributed by atoms with Crippen LogP contribution in [0.15, 0.2) is 18.2 Å². The summed E-state index contributed by atoms with van der Waals surface area (Å²) in [5, 5.41) is 6.43. The number of carbonyl (C=O) groups excluding carboxylic acids is 1. The van der Waals surface area contributed by atoms with Gasteiger partial charge in [-0.25, -0.2) is 0 Å². The van der Waals surface area contributed by atoms with Gasteiger partial charge in [0.2, 0.25) is 5.91 Å². The Morgan fingerprint density at radius 1 is 1.22 bits per heavy atom. The van der Waals surface area contributed by atoms with Gasteiger partial charge in [-0.3, -0.25) is 10.1 Å². The highest BCUT2D eigenvalue weighted by Crippen LogP contribution is 2.27. The molecule has 0 bridgehead atoms. The summed E-state index contributed by atoms with van der Waals surface area (Å²) in [5.74, 6) is 0.0833. The van der Waals surface area contributed by atoms with Crippen LogP contribution in [0.1, 0.15) is 43.0 Å². The van der Waals surface area contributed by atoms with Crippen LogP contribution in [0.25, 0.3) is 0 Å².